The van der Waals surface area contributed by atoms with E-state index in [0.717, 1.165) is 11.1 Å². The van der Waals surface area contributed by atoms with Gasteiger partial charge in [-0.25, -0.2) is 9.18 Å². The van der Waals surface area contributed by atoms with E-state index in [2.05, 4.69) is 0 Å². The summed E-state index contributed by atoms with van der Waals surface area (Å²) in [5, 5.41) is 22.3. The first kappa shape index (κ1) is 32.2. The van der Waals surface area contributed by atoms with E-state index in [0.29, 0.717) is 34.4 Å². The molecule has 0 radical (unpaired) electrons. The Morgan fingerprint density at radius 2 is 1.36 bits per heavy atom. The van der Waals surface area contributed by atoms with Crippen molar-refractivity contribution in [2.24, 2.45) is 0 Å². The van der Waals surface area contributed by atoms with Crippen LogP contribution in [-0.4, -0.2) is 44.0 Å². The van der Waals surface area contributed by atoms with Gasteiger partial charge in [-0.1, -0.05) is 78.9 Å². The highest BCUT2D eigenvalue weighted by atomic mass is 31.2. The third kappa shape index (κ3) is 6.70. The van der Waals surface area contributed by atoms with E-state index >= 15 is 0 Å². The van der Waals surface area contributed by atoms with Crippen molar-refractivity contribution in [1.82, 2.24) is 4.90 Å². The Morgan fingerprint density at radius 1 is 0.787 bits per heavy atom. The van der Waals surface area contributed by atoms with Crippen LogP contribution in [0.3, 0.4) is 0 Å². The number of aromatic hydroxyl groups is 1. The van der Waals surface area contributed by atoms with Crippen LogP contribution >= 0.6 is 7.60 Å². The minimum Gasteiger partial charge on any atom is -0.508 e. The van der Waals surface area contributed by atoms with E-state index in [1.165, 1.54) is 24.3 Å². The third-order valence-electron chi connectivity index (χ3n) is 8.78. The topological polar surface area (TPSA) is 122 Å². The van der Waals surface area contributed by atoms with E-state index in [-0.39, 0.29) is 23.5 Å². The SMILES string of the molecule is CN1C(=O)N(c2ccc(-c3ccccc3)cc2)[C@H](c2ccc(-c3ccc(P(=O)(O)O)cc3)cc2O)[C@H]1CC[C@H](O)c1ccc(F)cc1. The predicted molar refractivity (Wildman–Crippen MR) is 180 cm³/mol. The quantitative estimate of drug-likeness (QED) is 0.125. The molecule has 1 aliphatic heterocycles. The van der Waals surface area contributed by atoms with Crippen LogP contribution in [0.15, 0.2) is 121 Å². The summed E-state index contributed by atoms with van der Waals surface area (Å²) < 4.78 is 25.1. The maximum atomic E-state index is 13.9. The second kappa shape index (κ2) is 13.1. The van der Waals surface area contributed by atoms with E-state index in [4.69, 9.17) is 0 Å². The number of phenolic OH excluding ortho intramolecular Hbond substituents is 1. The molecule has 1 aliphatic rings. The lowest BCUT2D eigenvalue weighted by atomic mass is 9.91. The van der Waals surface area contributed by atoms with Gasteiger partial charge < -0.3 is 24.9 Å². The van der Waals surface area contributed by atoms with Gasteiger partial charge in [-0.3, -0.25) is 9.46 Å². The Morgan fingerprint density at radius 3 is 1.98 bits per heavy atom. The van der Waals surface area contributed by atoms with E-state index < -0.39 is 31.6 Å². The first-order valence-corrected chi connectivity index (χ1v) is 16.8. The lowest BCUT2D eigenvalue weighted by molar-refractivity contribution is 0.148. The maximum Gasteiger partial charge on any atom is 0.356 e. The number of phenols is 1. The summed E-state index contributed by atoms with van der Waals surface area (Å²) in [6, 6.07) is 32.9. The van der Waals surface area contributed by atoms with Crippen LogP contribution < -0.4 is 10.2 Å². The van der Waals surface area contributed by atoms with Crippen LogP contribution in [-0.2, 0) is 4.57 Å². The number of benzene rings is 5. The zero-order chi connectivity index (χ0) is 33.3. The average molecular weight is 653 g/mol. The summed E-state index contributed by atoms with van der Waals surface area (Å²) in [7, 11) is -2.69. The molecule has 2 amide bonds. The Labute approximate surface area is 272 Å². The lowest BCUT2D eigenvalue weighted by Crippen LogP contribution is -2.31. The number of halogens is 1. The largest absolute Gasteiger partial charge is 0.508 e. The van der Waals surface area contributed by atoms with Crippen molar-refractivity contribution >= 4 is 24.6 Å². The highest BCUT2D eigenvalue weighted by Gasteiger charge is 2.46. The summed E-state index contributed by atoms with van der Waals surface area (Å²) in [5.74, 6) is -0.447. The number of amides is 2. The van der Waals surface area contributed by atoms with Gasteiger partial charge in [0.1, 0.15) is 11.6 Å². The number of hydrogen-bond donors (Lipinski definition) is 4. The highest BCUT2D eigenvalue weighted by molar-refractivity contribution is 7.60. The molecule has 5 aromatic carbocycles. The van der Waals surface area contributed by atoms with Crippen LogP contribution in [0.4, 0.5) is 14.9 Å². The van der Waals surface area contributed by atoms with Crippen LogP contribution in [0.2, 0.25) is 0 Å². The van der Waals surface area contributed by atoms with Crippen molar-refractivity contribution in [3.63, 3.8) is 0 Å². The minimum atomic E-state index is -4.40. The second-order valence-corrected chi connectivity index (χ2v) is 13.3. The number of anilines is 1. The number of rotatable bonds is 9. The average Bonchev–Trinajstić information content (AvgIpc) is 3.32. The molecule has 0 aromatic heterocycles. The molecule has 0 bridgehead atoms. The molecular weight excluding hydrogens is 618 g/mol. The van der Waals surface area contributed by atoms with E-state index in [1.807, 2.05) is 54.6 Å². The molecule has 0 spiro atoms. The number of likely N-dealkylation sites (N-methyl/N-ethyl adjacent to an activating group) is 1. The smallest absolute Gasteiger partial charge is 0.356 e. The van der Waals surface area contributed by atoms with Crippen molar-refractivity contribution in [2.45, 2.75) is 31.0 Å². The molecule has 1 saturated heterocycles. The van der Waals surface area contributed by atoms with Gasteiger partial charge in [0, 0.05) is 18.3 Å². The molecule has 0 saturated carbocycles. The fourth-order valence-corrected chi connectivity index (χ4v) is 6.77. The molecular formula is C37H34FN2O6P. The van der Waals surface area contributed by atoms with Gasteiger partial charge in [-0.2, -0.15) is 0 Å². The van der Waals surface area contributed by atoms with Crippen LogP contribution in [0.1, 0.15) is 36.1 Å². The van der Waals surface area contributed by atoms with Crippen molar-refractivity contribution < 1.29 is 33.7 Å². The Hall–Kier alpha value is -4.79. The summed E-state index contributed by atoms with van der Waals surface area (Å²) in [4.78, 5) is 36.1. The minimum absolute atomic E-state index is 0.0512. The Bertz CT molecular complexity index is 1910. The number of hydrogen-bond acceptors (Lipinski definition) is 4. The number of carbonyl (C=O) groups excluding carboxylic acids is 1. The van der Waals surface area contributed by atoms with Gasteiger partial charge >= 0.3 is 13.6 Å². The first-order valence-electron chi connectivity index (χ1n) is 15.2. The molecule has 5 aromatic rings. The summed E-state index contributed by atoms with van der Waals surface area (Å²) in [5.41, 5.74) is 5.02. The van der Waals surface area contributed by atoms with Crippen LogP contribution in [0.25, 0.3) is 22.3 Å². The molecule has 0 aliphatic carbocycles. The third-order valence-corrected chi connectivity index (χ3v) is 9.75. The molecule has 47 heavy (non-hydrogen) atoms. The molecule has 10 heteroatoms. The lowest BCUT2D eigenvalue weighted by Gasteiger charge is -2.29. The van der Waals surface area contributed by atoms with Gasteiger partial charge in [-0.15, -0.1) is 0 Å². The summed E-state index contributed by atoms with van der Waals surface area (Å²) in [6.45, 7) is 0. The molecule has 0 unspecified atom stereocenters. The molecule has 4 N–H and O–H groups in total. The fraction of sp³-hybridized carbons (Fsp3) is 0.162. The Kier molecular flexibility index (Phi) is 8.99. The number of aliphatic hydroxyl groups excluding tert-OH is 1. The van der Waals surface area contributed by atoms with E-state index in [9.17, 15) is 33.7 Å². The van der Waals surface area contributed by atoms with Gasteiger partial charge in [-0.05, 0) is 83.1 Å². The van der Waals surface area contributed by atoms with Crippen molar-refractivity contribution in [3.8, 4) is 28.0 Å². The fourth-order valence-electron chi connectivity index (χ4n) is 6.23. The van der Waals surface area contributed by atoms with Gasteiger partial charge in [0.05, 0.1) is 23.5 Å². The molecule has 1 heterocycles. The van der Waals surface area contributed by atoms with Crippen molar-refractivity contribution in [3.05, 3.63) is 138 Å². The molecule has 240 valence electrons. The predicted octanol–water partition coefficient (Wildman–Crippen LogP) is 7.16. The van der Waals surface area contributed by atoms with E-state index in [1.54, 1.807) is 59.3 Å². The van der Waals surface area contributed by atoms with Crippen LogP contribution in [0, 0.1) is 5.82 Å². The van der Waals surface area contributed by atoms with Crippen molar-refractivity contribution in [2.75, 3.05) is 11.9 Å². The Balaban J connectivity index is 1.35. The zero-order valence-corrected chi connectivity index (χ0v) is 26.4. The first-order chi connectivity index (χ1) is 22.5. The number of nitrogens with zero attached hydrogens (tertiary/aromatic N) is 2. The second-order valence-electron chi connectivity index (χ2n) is 11.7. The zero-order valence-electron chi connectivity index (χ0n) is 25.5. The van der Waals surface area contributed by atoms with Gasteiger partial charge in [0.15, 0.2) is 0 Å². The summed E-state index contributed by atoms with van der Waals surface area (Å²) in [6.07, 6.45) is -0.212. The number of urea groups is 1. The standard InChI is InChI=1S/C37H34FN2O6P/c1-39-33(21-22-34(41)27-7-14-29(38)15-8-27)36(40(37(39)43)30-16-9-25(10-17-30)24-5-3-2-4-6-24)32-20-13-28(23-35(32)42)26-11-18-31(19-12-26)47(44,45)46/h2-20,23,33-34,36,41-42H,21-22H2,1H3,(H2,44,45,46)/t33-,34+,36-/m1/s1. The normalized spacial score (nSPS) is 17.3. The number of carbonyl (C=O) groups is 1. The molecule has 8 nitrogen and oxygen atoms in total. The summed E-state index contributed by atoms with van der Waals surface area (Å²) >= 11 is 0. The van der Waals surface area contributed by atoms with Crippen LogP contribution in [0.5, 0.6) is 5.75 Å². The number of aliphatic hydroxyl groups is 1. The van der Waals surface area contributed by atoms with Gasteiger partial charge in [0.2, 0.25) is 0 Å². The van der Waals surface area contributed by atoms with Gasteiger partial charge in [0.25, 0.3) is 0 Å². The molecule has 6 rings (SSSR count). The molecule has 3 atom stereocenters. The highest BCUT2D eigenvalue weighted by Crippen LogP contribution is 2.45. The maximum absolute atomic E-state index is 13.9. The van der Waals surface area contributed by atoms with Crippen molar-refractivity contribution in [1.29, 1.82) is 0 Å². The monoisotopic (exact) mass is 652 g/mol. The molecule has 1 fully saturated rings.